The van der Waals surface area contributed by atoms with Crippen molar-refractivity contribution in [3.05, 3.63) is 88.7 Å². The average molecular weight is 699 g/mol. The van der Waals surface area contributed by atoms with Crippen molar-refractivity contribution in [2.24, 2.45) is 0 Å². The second-order valence-electron chi connectivity index (χ2n) is 8.28. The number of rotatable bonds is 10. The highest BCUT2D eigenvalue weighted by Gasteiger charge is 2.18. The fraction of sp³-hybridized carbons (Fsp3) is 0.143. The van der Waals surface area contributed by atoms with Crippen LogP contribution in [-0.4, -0.2) is 22.5 Å². The van der Waals surface area contributed by atoms with E-state index in [2.05, 4.69) is 9.97 Å². The molecule has 0 aliphatic heterocycles. The number of thioether (sulfide) groups is 4. The fourth-order valence-corrected chi connectivity index (χ4v) is 13.3. The van der Waals surface area contributed by atoms with Gasteiger partial charge in [0, 0.05) is 22.6 Å². The minimum atomic E-state index is -0.0137. The monoisotopic (exact) mass is 698 g/mol. The lowest BCUT2D eigenvalue weighted by atomic mass is 10.0. The Hall–Kier alpha value is -2.40. The zero-order valence-electron chi connectivity index (χ0n) is 21.9. The van der Waals surface area contributed by atoms with Crippen molar-refractivity contribution in [3.8, 4) is 34.7 Å². The molecule has 14 heteroatoms. The summed E-state index contributed by atoms with van der Waals surface area (Å²) in [5.41, 5.74) is 4.78. The molecule has 0 spiro atoms. The first-order valence-corrected chi connectivity index (χ1v) is 19.6. The van der Waals surface area contributed by atoms with E-state index >= 15 is 0 Å². The summed E-state index contributed by atoms with van der Waals surface area (Å²) < 4.78 is 4.39. The smallest absolute Gasteiger partial charge is 0.265 e. The minimum Gasteiger partial charge on any atom is -0.265 e. The van der Waals surface area contributed by atoms with Gasteiger partial charge in [-0.15, -0.1) is 47.0 Å². The predicted molar refractivity (Wildman–Crippen MR) is 182 cm³/mol. The van der Waals surface area contributed by atoms with Gasteiger partial charge in [0.05, 0.1) is 28.2 Å². The van der Waals surface area contributed by atoms with Crippen molar-refractivity contribution in [2.45, 2.75) is 28.3 Å². The van der Waals surface area contributed by atoms with Gasteiger partial charge in [-0.1, -0.05) is 93.9 Å². The summed E-state index contributed by atoms with van der Waals surface area (Å²) in [4.78, 5) is 32.7. The maximum absolute atomic E-state index is 11.8. The molecule has 0 saturated carbocycles. The van der Waals surface area contributed by atoms with E-state index in [1.165, 1.54) is 45.3 Å². The van der Waals surface area contributed by atoms with Gasteiger partial charge in [-0.05, 0) is 23.6 Å². The highest BCUT2D eigenvalue weighted by atomic mass is 32.2. The molecule has 0 atom stereocenters. The molecule has 0 N–H and O–H groups in total. The van der Waals surface area contributed by atoms with Gasteiger partial charge >= 0.3 is 0 Å². The van der Waals surface area contributed by atoms with Crippen molar-refractivity contribution in [1.82, 2.24) is 9.97 Å². The second-order valence-corrected chi connectivity index (χ2v) is 17.4. The molecule has 0 saturated heterocycles. The van der Waals surface area contributed by atoms with Crippen LogP contribution in [0.3, 0.4) is 0 Å². The molecule has 5 aromatic rings. The maximum Gasteiger partial charge on any atom is 0.289 e. The Morgan fingerprint density at radius 3 is 1.31 bits per heavy atom. The number of benzene rings is 2. The Morgan fingerprint density at radius 1 is 0.619 bits per heavy atom. The zero-order chi connectivity index (χ0) is 29.6. The molecule has 0 amide bonds. The molecule has 42 heavy (non-hydrogen) atoms. The number of nitrogens with zero attached hydrogens (tertiary/aromatic N) is 4. The van der Waals surface area contributed by atoms with Crippen LogP contribution in [0.2, 0.25) is 0 Å². The van der Waals surface area contributed by atoms with E-state index in [1.807, 2.05) is 73.2 Å². The number of nitriles is 2. The molecule has 0 bridgehead atoms. The van der Waals surface area contributed by atoms with Crippen molar-refractivity contribution in [3.63, 3.8) is 0 Å². The van der Waals surface area contributed by atoms with Gasteiger partial charge in [0.2, 0.25) is 0 Å². The first kappa shape index (κ1) is 31.0. The summed E-state index contributed by atoms with van der Waals surface area (Å²) in [7, 11) is 0. The molecule has 210 valence electrons. The molecule has 0 aliphatic rings. The third-order valence-electron chi connectivity index (χ3n) is 5.71. The third-order valence-corrected chi connectivity index (χ3v) is 15.7. The van der Waals surface area contributed by atoms with E-state index in [-0.39, 0.29) is 19.5 Å². The number of hydrogen-bond acceptors (Lipinski definition) is 14. The first-order chi connectivity index (χ1) is 20.4. The molecule has 2 aromatic carbocycles. The van der Waals surface area contributed by atoms with E-state index in [1.54, 1.807) is 47.0 Å². The number of hydrogen-bond donors (Lipinski definition) is 0. The van der Waals surface area contributed by atoms with E-state index in [0.29, 0.717) is 11.4 Å². The predicted octanol–water partition coefficient (Wildman–Crippen LogP) is 8.55. The van der Waals surface area contributed by atoms with E-state index in [9.17, 15) is 20.1 Å². The SMILES string of the molecule is CSc1sc(=O)sc1SCc1ccc(-c2nc(C#N)c(C#N)nc2-c2ccc(CSc3sc(=O)sc3SC)cc2)cc1. The van der Waals surface area contributed by atoms with Gasteiger partial charge in [-0.3, -0.25) is 9.59 Å². The molecular formula is C28H18N4O2S8. The van der Waals surface area contributed by atoms with Gasteiger partial charge in [0.1, 0.15) is 12.1 Å². The molecule has 0 radical (unpaired) electrons. The lowest BCUT2D eigenvalue weighted by molar-refractivity contribution is 1.14. The van der Waals surface area contributed by atoms with Crippen molar-refractivity contribution in [2.75, 3.05) is 12.5 Å². The van der Waals surface area contributed by atoms with Gasteiger partial charge in [-0.2, -0.15) is 10.5 Å². The molecular weight excluding hydrogens is 681 g/mol. The van der Waals surface area contributed by atoms with Crippen LogP contribution < -0.4 is 8.11 Å². The molecule has 5 rings (SSSR count). The summed E-state index contributed by atoms with van der Waals surface area (Å²) in [6.07, 6.45) is 3.96. The lowest BCUT2D eigenvalue weighted by Gasteiger charge is -2.11. The molecule has 0 unspecified atom stereocenters. The Labute approximate surface area is 274 Å². The topological polar surface area (TPSA) is 108 Å². The van der Waals surface area contributed by atoms with Gasteiger partial charge in [0.25, 0.3) is 8.11 Å². The second kappa shape index (κ2) is 14.4. The van der Waals surface area contributed by atoms with Crippen LogP contribution in [-0.2, 0) is 11.5 Å². The van der Waals surface area contributed by atoms with Gasteiger partial charge < -0.3 is 0 Å². The van der Waals surface area contributed by atoms with Crippen LogP contribution in [0.15, 0.2) is 75.0 Å². The first-order valence-electron chi connectivity index (χ1n) is 11.9. The van der Waals surface area contributed by atoms with Gasteiger partial charge in [-0.25, -0.2) is 9.97 Å². The van der Waals surface area contributed by atoms with E-state index < -0.39 is 0 Å². The maximum atomic E-state index is 11.8. The van der Waals surface area contributed by atoms with Crippen LogP contribution in [0.5, 0.6) is 0 Å². The normalized spacial score (nSPS) is 10.9. The summed E-state index contributed by atoms with van der Waals surface area (Å²) in [5.74, 6) is 1.44. The number of aromatic nitrogens is 2. The largest absolute Gasteiger partial charge is 0.289 e. The van der Waals surface area contributed by atoms with Crippen LogP contribution >= 0.6 is 92.4 Å². The summed E-state index contributed by atoms with van der Waals surface area (Å²) in [6.45, 7) is 0. The molecule has 0 fully saturated rings. The van der Waals surface area contributed by atoms with Crippen LogP contribution in [0, 0.1) is 22.7 Å². The Bertz CT molecular complexity index is 1790. The molecule has 6 nitrogen and oxygen atoms in total. The Morgan fingerprint density at radius 2 is 0.976 bits per heavy atom. The lowest BCUT2D eigenvalue weighted by Crippen LogP contribution is -2.01. The summed E-state index contributed by atoms with van der Waals surface area (Å²) >= 11 is 11.6. The van der Waals surface area contributed by atoms with Crippen molar-refractivity contribution < 1.29 is 0 Å². The molecule has 3 heterocycles. The van der Waals surface area contributed by atoms with Crippen LogP contribution in [0.25, 0.3) is 22.5 Å². The molecule has 3 aromatic heterocycles. The summed E-state index contributed by atoms with van der Waals surface area (Å²) in [5, 5.41) is 19.3. The Balaban J connectivity index is 1.40. The highest BCUT2D eigenvalue weighted by Crippen LogP contribution is 2.39. The highest BCUT2D eigenvalue weighted by molar-refractivity contribution is 8.04. The van der Waals surface area contributed by atoms with Gasteiger partial charge in [0.15, 0.2) is 11.4 Å². The fourth-order valence-electron chi connectivity index (χ4n) is 3.75. The van der Waals surface area contributed by atoms with Crippen molar-refractivity contribution in [1.29, 1.82) is 10.5 Å². The Kier molecular flexibility index (Phi) is 10.6. The van der Waals surface area contributed by atoms with E-state index in [0.717, 1.165) is 50.6 Å². The average Bonchev–Trinajstić information content (AvgIpc) is 3.58. The summed E-state index contributed by atoms with van der Waals surface area (Å²) in [6, 6.07) is 19.8. The van der Waals surface area contributed by atoms with Crippen LogP contribution in [0.1, 0.15) is 22.5 Å². The van der Waals surface area contributed by atoms with Crippen LogP contribution in [0.4, 0.5) is 0 Å². The standard InChI is InChI=1S/C28H18N4O2S8/c1-35-23-25(41-27(33)39-23)37-13-15-3-7-17(8-4-15)21-22(32-20(12-30)19(11-29)31-21)18-9-5-16(6-10-18)14-38-26-24(36-2)40-28(34)42-26/h3-10H,13-14H2,1-2H3. The zero-order valence-corrected chi connectivity index (χ0v) is 28.4. The third kappa shape index (κ3) is 7.21. The van der Waals surface area contributed by atoms with Crippen molar-refractivity contribution >= 4 is 92.4 Å². The quantitative estimate of drug-likeness (QED) is 0.132. The van der Waals surface area contributed by atoms with E-state index in [4.69, 9.17) is 0 Å². The molecule has 0 aliphatic carbocycles. The minimum absolute atomic E-state index is 0.0137.